The summed E-state index contributed by atoms with van der Waals surface area (Å²) in [6, 6.07) is -2.15. The minimum atomic E-state index is -1.18. The van der Waals surface area contributed by atoms with Crippen LogP contribution in [0.15, 0.2) is 5.29 Å². The molecule has 0 heterocycles. The van der Waals surface area contributed by atoms with Gasteiger partial charge in [-0.2, -0.15) is 17.6 Å². The number of ether oxygens (including phenoxy) is 2. The van der Waals surface area contributed by atoms with Gasteiger partial charge >= 0.3 is 11.9 Å². The molecule has 0 fully saturated rings. The maximum Gasteiger partial charge on any atom is 0.328 e. The highest BCUT2D eigenvalue weighted by Crippen LogP contribution is 2.03. The van der Waals surface area contributed by atoms with E-state index in [-0.39, 0.29) is 31.8 Å². The topological polar surface area (TPSA) is 157 Å². The van der Waals surface area contributed by atoms with E-state index in [4.69, 9.17) is 10.5 Å². The van der Waals surface area contributed by atoms with Gasteiger partial charge in [0.2, 0.25) is 5.91 Å². The molecule has 12 heteroatoms. The zero-order chi connectivity index (χ0) is 20.1. The Labute approximate surface area is 156 Å². The minimum absolute atomic E-state index is 0.0105. The molecular formula is C14H24N4O7S. The second-order valence-corrected chi connectivity index (χ2v) is 5.35. The number of hydrogen-bond donors (Lipinski definition) is 3. The largest absolute Gasteiger partial charge is 0.465 e. The third-order valence-electron chi connectivity index (χ3n) is 3.02. The first kappa shape index (κ1) is 23.8. The Morgan fingerprint density at radius 2 is 1.81 bits per heavy atom. The molecule has 0 rings (SSSR count). The highest BCUT2D eigenvalue weighted by atomic mass is 32.1. The van der Waals surface area contributed by atoms with Crippen LogP contribution in [0.3, 0.4) is 0 Å². The molecule has 11 nitrogen and oxygen atoms in total. The van der Waals surface area contributed by atoms with Crippen LogP contribution in [0.4, 0.5) is 0 Å². The van der Waals surface area contributed by atoms with Crippen LogP contribution in [0.2, 0.25) is 0 Å². The van der Waals surface area contributed by atoms with E-state index in [1.165, 1.54) is 0 Å². The second kappa shape index (κ2) is 13.1. The van der Waals surface area contributed by atoms with Crippen LogP contribution < -0.4 is 11.1 Å². The van der Waals surface area contributed by atoms with Crippen molar-refractivity contribution in [3.8, 4) is 0 Å². The molecule has 0 bridgehead atoms. The third-order valence-corrected chi connectivity index (χ3v) is 3.39. The van der Waals surface area contributed by atoms with Gasteiger partial charge in [0, 0.05) is 12.2 Å². The third kappa shape index (κ3) is 8.76. The summed E-state index contributed by atoms with van der Waals surface area (Å²) >= 11 is 3.94. The molecule has 0 saturated carbocycles. The lowest BCUT2D eigenvalue weighted by atomic mass is 10.1. The van der Waals surface area contributed by atoms with Crippen molar-refractivity contribution < 1.29 is 28.7 Å². The van der Waals surface area contributed by atoms with Gasteiger partial charge in [-0.25, -0.2) is 0 Å². The van der Waals surface area contributed by atoms with Crippen LogP contribution >= 0.6 is 12.6 Å². The number of nitroso groups, excluding NO2 is 1. The lowest BCUT2D eigenvalue weighted by Crippen LogP contribution is -2.49. The van der Waals surface area contributed by atoms with Crippen LogP contribution in [0.5, 0.6) is 0 Å². The van der Waals surface area contributed by atoms with Crippen LogP contribution in [0, 0.1) is 4.91 Å². The van der Waals surface area contributed by atoms with E-state index in [1.807, 2.05) is 0 Å². The van der Waals surface area contributed by atoms with Crippen LogP contribution in [-0.4, -0.2) is 66.4 Å². The van der Waals surface area contributed by atoms with Crippen molar-refractivity contribution in [2.45, 2.75) is 38.8 Å². The molecule has 0 radical (unpaired) electrons. The molecule has 0 aliphatic rings. The fourth-order valence-corrected chi connectivity index (χ4v) is 2.01. The van der Waals surface area contributed by atoms with Crippen molar-refractivity contribution >= 4 is 36.4 Å². The summed E-state index contributed by atoms with van der Waals surface area (Å²) in [5.41, 5.74) is 5.58. The van der Waals surface area contributed by atoms with Crippen molar-refractivity contribution in [1.82, 2.24) is 10.3 Å². The molecule has 0 spiro atoms. The van der Waals surface area contributed by atoms with E-state index in [0.29, 0.717) is 5.01 Å². The Hall–Kier alpha value is -2.21. The highest BCUT2D eigenvalue weighted by Gasteiger charge is 2.28. The molecule has 2 unspecified atom stereocenters. The van der Waals surface area contributed by atoms with Gasteiger partial charge in [-0.3, -0.25) is 19.2 Å². The summed E-state index contributed by atoms with van der Waals surface area (Å²) in [6.45, 7) is 2.76. The summed E-state index contributed by atoms with van der Waals surface area (Å²) in [5, 5.41) is 5.17. The first-order valence-corrected chi connectivity index (χ1v) is 8.56. The minimum Gasteiger partial charge on any atom is -0.465 e. The van der Waals surface area contributed by atoms with Crippen LogP contribution in [0.1, 0.15) is 26.7 Å². The van der Waals surface area contributed by atoms with Gasteiger partial charge < -0.3 is 20.5 Å². The number of carbonyl (C=O) groups excluding carboxylic acids is 4. The van der Waals surface area contributed by atoms with E-state index < -0.39 is 42.4 Å². The monoisotopic (exact) mass is 392 g/mol. The van der Waals surface area contributed by atoms with Crippen molar-refractivity contribution in [3.05, 3.63) is 4.91 Å². The molecule has 0 saturated heterocycles. The lowest BCUT2D eigenvalue weighted by molar-refractivity contribution is -0.149. The van der Waals surface area contributed by atoms with Gasteiger partial charge in [0.15, 0.2) is 0 Å². The number of thiol groups is 1. The number of nitrogens with zero attached hydrogens (tertiary/aromatic N) is 2. The van der Waals surface area contributed by atoms with E-state index >= 15 is 0 Å². The maximum absolute atomic E-state index is 12.2. The fourth-order valence-electron chi connectivity index (χ4n) is 1.76. The Balaban J connectivity index is 4.63. The summed E-state index contributed by atoms with van der Waals surface area (Å²) < 4.78 is 9.35. The number of rotatable bonds is 12. The molecule has 2 amide bonds. The molecular weight excluding hydrogens is 368 g/mol. The smallest absolute Gasteiger partial charge is 0.328 e. The van der Waals surface area contributed by atoms with Gasteiger partial charge in [-0.1, -0.05) is 0 Å². The standard InChI is InChI=1S/C14H24N4O7S/c1-3-24-12(20)7-18(17-23)13(21)10(8-26)16-11(19)6-5-9(15)14(22)25-4-2/h9-10,26H,3-8,15H2,1-2H3,(H,16,19). The predicted molar refractivity (Wildman–Crippen MR) is 93.8 cm³/mol. The van der Waals surface area contributed by atoms with Crippen molar-refractivity contribution in [1.29, 1.82) is 0 Å². The van der Waals surface area contributed by atoms with Crippen molar-refractivity contribution in [3.63, 3.8) is 0 Å². The van der Waals surface area contributed by atoms with Crippen molar-refractivity contribution in [2.75, 3.05) is 25.5 Å². The molecule has 0 aliphatic heterocycles. The van der Waals surface area contributed by atoms with Crippen LogP contribution in [0.25, 0.3) is 0 Å². The number of hydrogen-bond acceptors (Lipinski definition) is 10. The molecule has 0 aliphatic carbocycles. The fraction of sp³-hybridized carbons (Fsp3) is 0.714. The molecule has 2 atom stereocenters. The van der Waals surface area contributed by atoms with E-state index in [1.54, 1.807) is 13.8 Å². The van der Waals surface area contributed by atoms with Gasteiger partial charge in [0.1, 0.15) is 18.6 Å². The van der Waals surface area contributed by atoms with Gasteiger partial charge in [-0.05, 0) is 20.3 Å². The van der Waals surface area contributed by atoms with E-state index in [0.717, 1.165) is 0 Å². The normalized spacial score (nSPS) is 12.5. The second-order valence-electron chi connectivity index (χ2n) is 4.98. The Morgan fingerprint density at radius 3 is 2.31 bits per heavy atom. The SMILES string of the molecule is CCOC(=O)CN(N=O)C(=O)C(CS)NC(=O)CCC(N)C(=O)OCC. The predicted octanol–water partition coefficient (Wildman–Crippen LogP) is -0.855. The number of esters is 2. The van der Waals surface area contributed by atoms with E-state index in [2.05, 4.69) is 28.0 Å². The Kier molecular flexibility index (Phi) is 11.9. The number of amides is 2. The van der Waals surface area contributed by atoms with Gasteiger partial charge in [0.05, 0.1) is 18.5 Å². The number of nitrogens with two attached hydrogens (primary N) is 1. The van der Waals surface area contributed by atoms with Crippen molar-refractivity contribution in [2.24, 2.45) is 11.0 Å². The first-order chi connectivity index (χ1) is 12.3. The molecule has 0 aromatic heterocycles. The molecule has 148 valence electrons. The molecule has 3 N–H and O–H groups in total. The average molecular weight is 392 g/mol. The maximum atomic E-state index is 12.2. The summed E-state index contributed by atoms with van der Waals surface area (Å²) in [5.74, 6) is -3.08. The molecule has 0 aromatic rings. The Bertz CT molecular complexity index is 518. The number of carbonyl (C=O) groups is 4. The zero-order valence-corrected chi connectivity index (χ0v) is 15.6. The summed E-state index contributed by atoms with van der Waals surface area (Å²) in [6.07, 6.45) is -0.138. The summed E-state index contributed by atoms with van der Waals surface area (Å²) in [7, 11) is 0. The molecule has 0 aromatic carbocycles. The summed E-state index contributed by atoms with van der Waals surface area (Å²) in [4.78, 5) is 57.6. The van der Waals surface area contributed by atoms with Gasteiger partial charge in [-0.15, -0.1) is 4.91 Å². The lowest BCUT2D eigenvalue weighted by Gasteiger charge is -2.20. The zero-order valence-electron chi connectivity index (χ0n) is 14.7. The average Bonchev–Trinajstić information content (AvgIpc) is 2.61. The first-order valence-electron chi connectivity index (χ1n) is 7.93. The Morgan fingerprint density at radius 1 is 1.19 bits per heavy atom. The van der Waals surface area contributed by atoms with Crippen LogP contribution in [-0.2, 0) is 28.7 Å². The van der Waals surface area contributed by atoms with Gasteiger partial charge in [0.25, 0.3) is 5.91 Å². The quantitative estimate of drug-likeness (QED) is 0.168. The number of nitrogens with one attached hydrogen (secondary N) is 1. The van der Waals surface area contributed by atoms with E-state index in [9.17, 15) is 24.1 Å². The molecule has 26 heavy (non-hydrogen) atoms. The highest BCUT2D eigenvalue weighted by molar-refractivity contribution is 7.80.